The average molecular weight is 291 g/mol. The van der Waals surface area contributed by atoms with Crippen LogP contribution in [0.25, 0.3) is 0 Å². The number of nitrogens with two attached hydrogens (primary N) is 1. The van der Waals surface area contributed by atoms with Crippen LogP contribution in [0, 0.1) is 5.92 Å². The fraction of sp³-hybridized carbons (Fsp3) is 0.562. The number of methoxy groups -OCH3 is 1. The van der Waals surface area contributed by atoms with Gasteiger partial charge in [-0.15, -0.1) is 0 Å². The zero-order valence-corrected chi connectivity index (χ0v) is 12.9. The summed E-state index contributed by atoms with van der Waals surface area (Å²) in [6.45, 7) is 6.19. The Morgan fingerprint density at radius 1 is 1.43 bits per heavy atom. The van der Waals surface area contributed by atoms with Gasteiger partial charge in [0.05, 0.1) is 7.11 Å². The number of nitrogen functional groups attached to an aromatic ring is 1. The van der Waals surface area contributed by atoms with Crippen molar-refractivity contribution >= 4 is 11.6 Å². The summed E-state index contributed by atoms with van der Waals surface area (Å²) in [4.78, 5) is 14.8. The molecule has 0 radical (unpaired) electrons. The number of carbonyl (C=O) groups excluding carboxylic acids is 1. The molecule has 1 aliphatic rings. The number of rotatable bonds is 6. The van der Waals surface area contributed by atoms with Crippen LogP contribution in [-0.2, 0) is 0 Å². The Labute approximate surface area is 126 Å². The zero-order valence-electron chi connectivity index (χ0n) is 12.9. The van der Waals surface area contributed by atoms with Gasteiger partial charge in [0.25, 0.3) is 5.91 Å². The highest BCUT2D eigenvalue weighted by Crippen LogP contribution is 2.23. The molecular formula is C16H25N3O2. The smallest absolute Gasteiger partial charge is 0.257 e. The Morgan fingerprint density at radius 3 is 2.81 bits per heavy atom. The highest BCUT2D eigenvalue weighted by Gasteiger charge is 2.18. The maximum atomic E-state index is 12.3. The fourth-order valence-corrected chi connectivity index (χ4v) is 2.79. The van der Waals surface area contributed by atoms with Gasteiger partial charge in [-0.3, -0.25) is 4.79 Å². The monoisotopic (exact) mass is 291 g/mol. The third-order valence-electron chi connectivity index (χ3n) is 3.89. The van der Waals surface area contributed by atoms with Crippen molar-refractivity contribution in [2.45, 2.75) is 19.8 Å². The van der Waals surface area contributed by atoms with Crippen LogP contribution in [0.3, 0.4) is 0 Å². The molecule has 0 aliphatic carbocycles. The topological polar surface area (TPSA) is 67.6 Å². The van der Waals surface area contributed by atoms with Gasteiger partial charge in [-0.1, -0.05) is 13.0 Å². The Bertz CT molecular complexity index is 484. The molecule has 1 fully saturated rings. The van der Waals surface area contributed by atoms with E-state index < -0.39 is 0 Å². The number of amides is 1. The van der Waals surface area contributed by atoms with Gasteiger partial charge in [0.15, 0.2) is 0 Å². The Morgan fingerprint density at radius 2 is 2.14 bits per heavy atom. The molecule has 1 atom stereocenters. The third kappa shape index (κ3) is 4.11. The summed E-state index contributed by atoms with van der Waals surface area (Å²) in [5.41, 5.74) is 6.76. The van der Waals surface area contributed by atoms with Crippen LogP contribution in [0.1, 0.15) is 30.1 Å². The van der Waals surface area contributed by atoms with Crippen molar-refractivity contribution in [2.24, 2.45) is 5.92 Å². The molecule has 5 heteroatoms. The predicted molar refractivity (Wildman–Crippen MR) is 84.6 cm³/mol. The third-order valence-corrected chi connectivity index (χ3v) is 3.89. The molecule has 1 amide bonds. The van der Waals surface area contributed by atoms with E-state index >= 15 is 0 Å². The van der Waals surface area contributed by atoms with Gasteiger partial charge in [-0.25, -0.2) is 0 Å². The van der Waals surface area contributed by atoms with E-state index in [1.54, 1.807) is 25.3 Å². The number of nitrogens with zero attached hydrogens (tertiary/aromatic N) is 1. The SMILES string of the molecule is COc1cccc(N)c1C(=O)NCC(C)CN1CCCC1. The normalized spacial score (nSPS) is 16.7. The van der Waals surface area contributed by atoms with Crippen LogP contribution in [-0.4, -0.2) is 44.1 Å². The lowest BCUT2D eigenvalue weighted by molar-refractivity contribution is 0.0943. The van der Waals surface area contributed by atoms with E-state index in [1.807, 2.05) is 0 Å². The van der Waals surface area contributed by atoms with Gasteiger partial charge in [0.2, 0.25) is 0 Å². The van der Waals surface area contributed by atoms with Crippen LogP contribution in [0.2, 0.25) is 0 Å². The molecule has 21 heavy (non-hydrogen) atoms. The van der Waals surface area contributed by atoms with Crippen LogP contribution in [0.4, 0.5) is 5.69 Å². The largest absolute Gasteiger partial charge is 0.496 e. The fourth-order valence-electron chi connectivity index (χ4n) is 2.79. The van der Waals surface area contributed by atoms with Crippen LogP contribution in [0.5, 0.6) is 5.75 Å². The van der Waals surface area contributed by atoms with Gasteiger partial charge in [-0.2, -0.15) is 0 Å². The highest BCUT2D eigenvalue weighted by molar-refractivity contribution is 6.01. The summed E-state index contributed by atoms with van der Waals surface area (Å²) in [5.74, 6) is 0.765. The Balaban J connectivity index is 1.89. The molecule has 0 spiro atoms. The maximum Gasteiger partial charge on any atom is 0.257 e. The van der Waals surface area contributed by atoms with Gasteiger partial charge in [0.1, 0.15) is 11.3 Å². The minimum atomic E-state index is -0.168. The first-order chi connectivity index (χ1) is 10.1. The predicted octanol–water partition coefficient (Wildman–Crippen LogP) is 1.74. The maximum absolute atomic E-state index is 12.3. The second kappa shape index (κ2) is 7.31. The average Bonchev–Trinajstić information content (AvgIpc) is 2.97. The number of nitrogens with one attached hydrogen (secondary N) is 1. The number of likely N-dealkylation sites (tertiary alicyclic amines) is 1. The highest BCUT2D eigenvalue weighted by atomic mass is 16.5. The minimum Gasteiger partial charge on any atom is -0.496 e. The molecule has 1 aromatic rings. The first-order valence-electron chi connectivity index (χ1n) is 7.55. The molecule has 1 saturated heterocycles. The van der Waals surface area contributed by atoms with Crippen molar-refractivity contribution < 1.29 is 9.53 Å². The number of hydrogen-bond donors (Lipinski definition) is 2. The molecule has 1 heterocycles. The molecule has 116 valence electrons. The molecule has 1 aromatic carbocycles. The lowest BCUT2D eigenvalue weighted by Gasteiger charge is -2.20. The van der Waals surface area contributed by atoms with Crippen LogP contribution >= 0.6 is 0 Å². The van der Waals surface area contributed by atoms with E-state index in [1.165, 1.54) is 25.9 Å². The van der Waals surface area contributed by atoms with Crippen molar-refractivity contribution in [1.82, 2.24) is 10.2 Å². The molecule has 1 aliphatic heterocycles. The lowest BCUT2D eigenvalue weighted by Crippen LogP contribution is -2.34. The van der Waals surface area contributed by atoms with Gasteiger partial charge < -0.3 is 20.7 Å². The summed E-state index contributed by atoms with van der Waals surface area (Å²) in [7, 11) is 1.54. The number of ether oxygens (including phenoxy) is 1. The van der Waals surface area contributed by atoms with E-state index in [0.717, 1.165) is 6.54 Å². The summed E-state index contributed by atoms with van der Waals surface area (Å²) in [5, 5.41) is 2.96. The molecule has 0 bridgehead atoms. The molecule has 1 unspecified atom stereocenters. The second-order valence-electron chi connectivity index (χ2n) is 5.75. The number of benzene rings is 1. The van der Waals surface area contributed by atoms with Crippen molar-refractivity contribution in [1.29, 1.82) is 0 Å². The van der Waals surface area contributed by atoms with Crippen LogP contribution < -0.4 is 15.8 Å². The van der Waals surface area contributed by atoms with Gasteiger partial charge in [-0.05, 0) is 44.0 Å². The molecule has 3 N–H and O–H groups in total. The number of anilines is 1. The van der Waals surface area contributed by atoms with E-state index in [4.69, 9.17) is 10.5 Å². The second-order valence-corrected chi connectivity index (χ2v) is 5.75. The Hall–Kier alpha value is -1.75. The number of hydrogen-bond acceptors (Lipinski definition) is 4. The van der Waals surface area contributed by atoms with Gasteiger partial charge in [0, 0.05) is 18.8 Å². The minimum absolute atomic E-state index is 0.168. The first kappa shape index (κ1) is 15.6. The lowest BCUT2D eigenvalue weighted by atomic mass is 10.1. The van der Waals surface area contributed by atoms with E-state index in [0.29, 0.717) is 29.5 Å². The molecule has 0 aromatic heterocycles. The van der Waals surface area contributed by atoms with Crippen LogP contribution in [0.15, 0.2) is 18.2 Å². The van der Waals surface area contributed by atoms with Crippen molar-refractivity contribution in [3.63, 3.8) is 0 Å². The molecule has 0 saturated carbocycles. The van der Waals surface area contributed by atoms with Crippen molar-refractivity contribution in [3.05, 3.63) is 23.8 Å². The summed E-state index contributed by atoms with van der Waals surface area (Å²) < 4.78 is 5.21. The standard InChI is InChI=1S/C16H25N3O2/c1-12(11-19-8-3-4-9-19)10-18-16(20)15-13(17)6-5-7-14(15)21-2/h5-7,12H,3-4,8-11,17H2,1-2H3,(H,18,20). The van der Waals surface area contributed by atoms with E-state index in [9.17, 15) is 4.79 Å². The quantitative estimate of drug-likeness (QED) is 0.783. The Kier molecular flexibility index (Phi) is 5.44. The molecular weight excluding hydrogens is 266 g/mol. The molecule has 5 nitrogen and oxygen atoms in total. The van der Waals surface area contributed by atoms with E-state index in [2.05, 4.69) is 17.1 Å². The van der Waals surface area contributed by atoms with Crippen molar-refractivity contribution in [3.8, 4) is 5.75 Å². The zero-order chi connectivity index (χ0) is 15.2. The summed E-state index contributed by atoms with van der Waals surface area (Å²) >= 11 is 0. The van der Waals surface area contributed by atoms with E-state index in [-0.39, 0.29) is 5.91 Å². The van der Waals surface area contributed by atoms with Gasteiger partial charge >= 0.3 is 0 Å². The summed E-state index contributed by atoms with van der Waals surface area (Å²) in [6, 6.07) is 5.24. The number of carbonyl (C=O) groups is 1. The molecule has 2 rings (SSSR count). The summed E-state index contributed by atoms with van der Waals surface area (Å²) in [6.07, 6.45) is 2.58. The van der Waals surface area contributed by atoms with Crippen molar-refractivity contribution in [2.75, 3.05) is 39.0 Å². The first-order valence-corrected chi connectivity index (χ1v) is 7.55.